The van der Waals surface area contributed by atoms with E-state index >= 15 is 0 Å². The number of ether oxygens (including phenoxy) is 1. The molecule has 104 valence electrons. The second-order valence-electron chi connectivity index (χ2n) is 4.16. The maximum atomic E-state index is 13.5. The molecule has 0 aliphatic heterocycles. The minimum absolute atomic E-state index is 0.0175. The van der Waals surface area contributed by atoms with Crippen LogP contribution in [0.4, 0.5) is 10.1 Å². The van der Waals surface area contributed by atoms with Gasteiger partial charge in [0.15, 0.2) is 0 Å². The predicted octanol–water partition coefficient (Wildman–Crippen LogP) is 3.78. The summed E-state index contributed by atoms with van der Waals surface area (Å²) in [5.41, 5.74) is 0.953. The summed E-state index contributed by atoms with van der Waals surface area (Å²) < 4.78 is 19.3. The third kappa shape index (κ3) is 3.57. The highest BCUT2D eigenvalue weighted by atomic mass is 79.9. The Bertz CT molecular complexity index is 631. The van der Waals surface area contributed by atoms with Crippen LogP contribution >= 0.6 is 15.9 Å². The smallest absolute Gasteiger partial charge is 0.228 e. The van der Waals surface area contributed by atoms with E-state index in [-0.39, 0.29) is 18.1 Å². The predicted molar refractivity (Wildman–Crippen MR) is 79.4 cm³/mol. The topological polar surface area (TPSA) is 38.3 Å². The monoisotopic (exact) mass is 337 g/mol. The molecule has 1 N–H and O–H groups in total. The van der Waals surface area contributed by atoms with Gasteiger partial charge in [0.05, 0.1) is 19.2 Å². The van der Waals surface area contributed by atoms with Gasteiger partial charge < -0.3 is 10.1 Å². The fourth-order valence-corrected chi connectivity index (χ4v) is 2.08. The Morgan fingerprint density at radius 3 is 2.75 bits per heavy atom. The van der Waals surface area contributed by atoms with E-state index in [1.165, 1.54) is 6.07 Å². The second-order valence-corrected chi connectivity index (χ2v) is 5.02. The van der Waals surface area contributed by atoms with Crippen LogP contribution in [0.25, 0.3) is 0 Å². The highest BCUT2D eigenvalue weighted by Crippen LogP contribution is 2.27. The maximum absolute atomic E-state index is 13.5. The Morgan fingerprint density at radius 1 is 1.30 bits per heavy atom. The lowest BCUT2D eigenvalue weighted by molar-refractivity contribution is -0.115. The number of hydrogen-bond donors (Lipinski definition) is 1. The summed E-state index contributed by atoms with van der Waals surface area (Å²) in [7, 11) is 1.55. The van der Waals surface area contributed by atoms with Crippen molar-refractivity contribution in [3.05, 3.63) is 58.3 Å². The van der Waals surface area contributed by atoms with Crippen molar-refractivity contribution in [3.63, 3.8) is 0 Å². The Morgan fingerprint density at radius 2 is 2.05 bits per heavy atom. The summed E-state index contributed by atoms with van der Waals surface area (Å²) in [5.74, 6) is -0.0363. The molecular formula is C15H13BrFNO2. The molecule has 2 aromatic rings. The van der Waals surface area contributed by atoms with Crippen LogP contribution in [0, 0.1) is 5.82 Å². The molecule has 0 spiro atoms. The average Bonchev–Trinajstić information content (AvgIpc) is 2.44. The number of hydrogen-bond acceptors (Lipinski definition) is 2. The number of rotatable bonds is 4. The largest absolute Gasteiger partial charge is 0.497 e. The standard InChI is InChI=1S/C15H13BrFNO2/c1-20-11-6-7-12(16)14(9-11)18-15(19)8-10-4-2-3-5-13(10)17/h2-7,9H,8H2,1H3,(H,18,19). The number of amides is 1. The summed E-state index contributed by atoms with van der Waals surface area (Å²) >= 11 is 3.34. The number of benzene rings is 2. The molecule has 0 radical (unpaired) electrons. The van der Waals surface area contributed by atoms with Crippen LogP contribution in [0.2, 0.25) is 0 Å². The molecule has 0 saturated heterocycles. The van der Waals surface area contributed by atoms with E-state index < -0.39 is 0 Å². The van der Waals surface area contributed by atoms with Crippen LogP contribution in [-0.4, -0.2) is 13.0 Å². The van der Waals surface area contributed by atoms with Gasteiger partial charge in [-0.3, -0.25) is 4.79 Å². The first-order valence-electron chi connectivity index (χ1n) is 5.97. The molecule has 5 heteroatoms. The first-order chi connectivity index (χ1) is 9.60. The SMILES string of the molecule is COc1ccc(Br)c(NC(=O)Cc2ccccc2F)c1. The third-order valence-electron chi connectivity index (χ3n) is 2.76. The molecule has 0 unspecified atom stereocenters. The molecule has 0 aliphatic carbocycles. The molecule has 0 aromatic heterocycles. The third-order valence-corrected chi connectivity index (χ3v) is 3.45. The molecular weight excluding hydrogens is 325 g/mol. The zero-order valence-electron chi connectivity index (χ0n) is 10.8. The van der Waals surface area contributed by atoms with Crippen molar-refractivity contribution < 1.29 is 13.9 Å². The molecule has 0 fully saturated rings. The van der Waals surface area contributed by atoms with Crippen LogP contribution in [0.3, 0.4) is 0 Å². The van der Waals surface area contributed by atoms with Crippen molar-refractivity contribution >= 4 is 27.5 Å². The minimum atomic E-state index is -0.382. The Labute approximate surface area is 124 Å². The van der Waals surface area contributed by atoms with E-state index in [2.05, 4.69) is 21.2 Å². The minimum Gasteiger partial charge on any atom is -0.497 e. The quantitative estimate of drug-likeness (QED) is 0.921. The molecule has 2 rings (SSSR count). The number of anilines is 1. The normalized spacial score (nSPS) is 10.2. The van der Waals surface area contributed by atoms with Gasteiger partial charge in [0.1, 0.15) is 11.6 Å². The van der Waals surface area contributed by atoms with Gasteiger partial charge in [-0.15, -0.1) is 0 Å². The van der Waals surface area contributed by atoms with E-state index in [1.807, 2.05) is 0 Å². The summed E-state index contributed by atoms with van der Waals surface area (Å²) in [6.07, 6.45) is -0.0175. The van der Waals surface area contributed by atoms with E-state index in [4.69, 9.17) is 4.74 Å². The summed E-state index contributed by atoms with van der Waals surface area (Å²) in [6.45, 7) is 0. The van der Waals surface area contributed by atoms with Crippen molar-refractivity contribution in [1.82, 2.24) is 0 Å². The molecule has 0 saturated carbocycles. The number of carbonyl (C=O) groups is 1. The molecule has 0 heterocycles. The number of methoxy groups -OCH3 is 1. The fourth-order valence-electron chi connectivity index (χ4n) is 1.74. The van der Waals surface area contributed by atoms with Crippen LogP contribution < -0.4 is 10.1 Å². The van der Waals surface area contributed by atoms with E-state index in [9.17, 15) is 9.18 Å². The Balaban J connectivity index is 2.10. The van der Waals surface area contributed by atoms with Gasteiger partial charge in [0.25, 0.3) is 0 Å². The summed E-state index contributed by atoms with van der Waals surface area (Å²) in [6, 6.07) is 11.5. The van der Waals surface area contributed by atoms with Crippen molar-refractivity contribution in [2.45, 2.75) is 6.42 Å². The second kappa shape index (κ2) is 6.52. The first kappa shape index (κ1) is 14.5. The molecule has 0 atom stereocenters. The molecule has 1 amide bonds. The average molecular weight is 338 g/mol. The highest BCUT2D eigenvalue weighted by molar-refractivity contribution is 9.10. The van der Waals surface area contributed by atoms with Crippen LogP contribution in [0.1, 0.15) is 5.56 Å². The first-order valence-corrected chi connectivity index (χ1v) is 6.76. The van der Waals surface area contributed by atoms with Crippen LogP contribution in [0.5, 0.6) is 5.75 Å². The van der Waals surface area contributed by atoms with Crippen molar-refractivity contribution in [2.75, 3.05) is 12.4 Å². The van der Waals surface area contributed by atoms with Gasteiger partial charge in [-0.25, -0.2) is 4.39 Å². The maximum Gasteiger partial charge on any atom is 0.228 e. The van der Waals surface area contributed by atoms with Gasteiger partial charge in [0, 0.05) is 10.5 Å². The molecule has 20 heavy (non-hydrogen) atoms. The molecule has 0 aliphatic rings. The Hall–Kier alpha value is -1.88. The van der Waals surface area contributed by atoms with E-state index in [0.29, 0.717) is 17.0 Å². The van der Waals surface area contributed by atoms with Gasteiger partial charge in [0.2, 0.25) is 5.91 Å². The lowest BCUT2D eigenvalue weighted by Crippen LogP contribution is -2.15. The highest BCUT2D eigenvalue weighted by Gasteiger charge is 2.10. The van der Waals surface area contributed by atoms with Crippen LogP contribution in [-0.2, 0) is 11.2 Å². The van der Waals surface area contributed by atoms with Crippen molar-refractivity contribution in [1.29, 1.82) is 0 Å². The zero-order chi connectivity index (χ0) is 14.5. The lowest BCUT2D eigenvalue weighted by atomic mass is 10.1. The zero-order valence-corrected chi connectivity index (χ0v) is 12.4. The number of carbonyl (C=O) groups excluding carboxylic acids is 1. The van der Waals surface area contributed by atoms with Gasteiger partial charge in [-0.1, -0.05) is 18.2 Å². The van der Waals surface area contributed by atoms with Gasteiger partial charge in [-0.2, -0.15) is 0 Å². The van der Waals surface area contributed by atoms with E-state index in [1.54, 1.807) is 43.5 Å². The van der Waals surface area contributed by atoms with Crippen LogP contribution in [0.15, 0.2) is 46.9 Å². The van der Waals surface area contributed by atoms with Crippen molar-refractivity contribution in [2.24, 2.45) is 0 Å². The fraction of sp³-hybridized carbons (Fsp3) is 0.133. The van der Waals surface area contributed by atoms with Gasteiger partial charge in [-0.05, 0) is 39.7 Å². The molecule has 2 aromatic carbocycles. The van der Waals surface area contributed by atoms with Gasteiger partial charge >= 0.3 is 0 Å². The lowest BCUT2D eigenvalue weighted by Gasteiger charge is -2.09. The van der Waals surface area contributed by atoms with Crippen molar-refractivity contribution in [3.8, 4) is 5.75 Å². The molecule has 0 bridgehead atoms. The number of nitrogens with one attached hydrogen (secondary N) is 1. The summed E-state index contributed by atoms with van der Waals surface area (Å²) in [5, 5.41) is 2.73. The van der Waals surface area contributed by atoms with E-state index in [0.717, 1.165) is 4.47 Å². The Kier molecular flexibility index (Phi) is 4.74. The summed E-state index contributed by atoms with van der Waals surface area (Å²) in [4.78, 5) is 11.9. The number of halogens is 2. The molecule has 3 nitrogen and oxygen atoms in total.